The number of likely N-dealkylation sites (N-methyl/N-ethyl adjacent to an activating group) is 1. The Bertz CT molecular complexity index is 405. The van der Waals surface area contributed by atoms with Crippen molar-refractivity contribution in [2.24, 2.45) is 0 Å². The molecule has 94 valence electrons. The van der Waals surface area contributed by atoms with Crippen molar-refractivity contribution in [2.75, 3.05) is 25.6 Å². The van der Waals surface area contributed by atoms with Gasteiger partial charge in [0.15, 0.2) is 0 Å². The molecule has 5 heteroatoms. The molecule has 0 aliphatic carbocycles. The van der Waals surface area contributed by atoms with Crippen LogP contribution in [0.25, 0.3) is 0 Å². The topological polar surface area (TPSA) is 62.7 Å². The van der Waals surface area contributed by atoms with E-state index in [2.05, 4.69) is 9.72 Å². The Balaban J connectivity index is 2.92. The van der Waals surface area contributed by atoms with Crippen LogP contribution < -0.4 is 4.90 Å². The molecule has 0 radical (unpaired) electrons. The van der Waals surface area contributed by atoms with Crippen molar-refractivity contribution in [1.82, 2.24) is 4.98 Å². The number of rotatable bonds is 4. The minimum Gasteiger partial charge on any atom is -0.465 e. The molecule has 5 nitrogen and oxygen atoms in total. The third kappa shape index (κ3) is 3.42. The van der Waals surface area contributed by atoms with Gasteiger partial charge in [0, 0.05) is 13.6 Å². The van der Waals surface area contributed by atoms with E-state index < -0.39 is 6.10 Å². The number of hydrogen-bond donors (Lipinski definition) is 1. The van der Waals surface area contributed by atoms with Gasteiger partial charge in [-0.15, -0.1) is 0 Å². The van der Waals surface area contributed by atoms with E-state index in [1.807, 2.05) is 11.9 Å². The van der Waals surface area contributed by atoms with Crippen molar-refractivity contribution in [3.63, 3.8) is 0 Å². The van der Waals surface area contributed by atoms with Gasteiger partial charge in [0.2, 0.25) is 0 Å². The van der Waals surface area contributed by atoms with Crippen molar-refractivity contribution in [3.8, 4) is 0 Å². The van der Waals surface area contributed by atoms with Crippen molar-refractivity contribution in [3.05, 3.63) is 23.4 Å². The van der Waals surface area contributed by atoms with Crippen LogP contribution in [0.3, 0.4) is 0 Å². The zero-order valence-corrected chi connectivity index (χ0v) is 10.6. The number of carbonyl (C=O) groups is 1. The first-order valence-electron chi connectivity index (χ1n) is 5.41. The quantitative estimate of drug-likeness (QED) is 0.793. The molecule has 0 fully saturated rings. The van der Waals surface area contributed by atoms with E-state index in [9.17, 15) is 9.90 Å². The van der Waals surface area contributed by atoms with Crippen molar-refractivity contribution in [2.45, 2.75) is 20.0 Å². The highest BCUT2D eigenvalue weighted by atomic mass is 16.5. The van der Waals surface area contributed by atoms with E-state index in [0.29, 0.717) is 17.8 Å². The van der Waals surface area contributed by atoms with Crippen molar-refractivity contribution < 1.29 is 14.6 Å². The molecule has 0 spiro atoms. The first-order valence-corrected chi connectivity index (χ1v) is 5.41. The lowest BCUT2D eigenvalue weighted by molar-refractivity contribution is 0.0599. The standard InChI is InChI=1S/C12H18N2O3/c1-8(15)7-14(3)11-6-5-10(9(2)13-11)12(16)17-4/h5-6,8,15H,7H2,1-4H3. The fraction of sp³-hybridized carbons (Fsp3) is 0.500. The van der Waals surface area contributed by atoms with Crippen LogP contribution in [0.5, 0.6) is 0 Å². The molecule has 1 unspecified atom stereocenters. The highest BCUT2D eigenvalue weighted by molar-refractivity contribution is 5.90. The van der Waals surface area contributed by atoms with Gasteiger partial charge in [-0.3, -0.25) is 0 Å². The van der Waals surface area contributed by atoms with E-state index in [0.717, 1.165) is 5.82 Å². The van der Waals surface area contributed by atoms with Gasteiger partial charge in [-0.05, 0) is 26.0 Å². The van der Waals surface area contributed by atoms with Crippen LogP contribution in [0.2, 0.25) is 0 Å². The number of nitrogens with zero attached hydrogens (tertiary/aromatic N) is 2. The Hall–Kier alpha value is -1.62. The molecule has 1 aromatic rings. The van der Waals surface area contributed by atoms with Gasteiger partial charge >= 0.3 is 5.97 Å². The Labute approximate surface area is 101 Å². The second-order valence-electron chi connectivity index (χ2n) is 4.02. The van der Waals surface area contributed by atoms with Gasteiger partial charge in [0.05, 0.1) is 24.5 Å². The van der Waals surface area contributed by atoms with Gasteiger partial charge in [-0.25, -0.2) is 9.78 Å². The molecule has 0 bridgehead atoms. The van der Waals surface area contributed by atoms with Crippen LogP contribution in [0.4, 0.5) is 5.82 Å². The Morgan fingerprint density at radius 1 is 1.59 bits per heavy atom. The molecule has 1 atom stereocenters. The number of aliphatic hydroxyl groups is 1. The maximum atomic E-state index is 11.4. The lowest BCUT2D eigenvalue weighted by Crippen LogP contribution is -2.27. The lowest BCUT2D eigenvalue weighted by atomic mass is 10.2. The predicted molar refractivity (Wildman–Crippen MR) is 65.3 cm³/mol. The number of anilines is 1. The summed E-state index contributed by atoms with van der Waals surface area (Å²) in [6.45, 7) is 3.96. The van der Waals surface area contributed by atoms with Crippen molar-refractivity contribution in [1.29, 1.82) is 0 Å². The van der Waals surface area contributed by atoms with Crippen LogP contribution in [0, 0.1) is 6.92 Å². The molecule has 1 heterocycles. The second kappa shape index (κ2) is 5.63. The number of ether oxygens (including phenoxy) is 1. The Morgan fingerprint density at radius 3 is 2.71 bits per heavy atom. The Morgan fingerprint density at radius 2 is 2.24 bits per heavy atom. The van der Waals surface area contributed by atoms with E-state index in [4.69, 9.17) is 0 Å². The van der Waals surface area contributed by atoms with Crippen LogP contribution >= 0.6 is 0 Å². The maximum absolute atomic E-state index is 11.4. The Kier molecular flexibility index (Phi) is 4.45. The zero-order valence-electron chi connectivity index (χ0n) is 10.6. The summed E-state index contributed by atoms with van der Waals surface area (Å²) >= 11 is 0. The van der Waals surface area contributed by atoms with Gasteiger partial charge in [0.1, 0.15) is 5.82 Å². The van der Waals surface area contributed by atoms with Crippen LogP contribution in [0.15, 0.2) is 12.1 Å². The normalized spacial score (nSPS) is 12.1. The minimum atomic E-state index is -0.428. The summed E-state index contributed by atoms with van der Waals surface area (Å²) in [5, 5.41) is 9.29. The lowest BCUT2D eigenvalue weighted by Gasteiger charge is -2.20. The van der Waals surface area contributed by atoms with Crippen LogP contribution in [0.1, 0.15) is 23.0 Å². The number of carbonyl (C=O) groups excluding carboxylic acids is 1. The maximum Gasteiger partial charge on any atom is 0.339 e. The second-order valence-corrected chi connectivity index (χ2v) is 4.02. The van der Waals surface area contributed by atoms with E-state index >= 15 is 0 Å². The largest absolute Gasteiger partial charge is 0.465 e. The average molecular weight is 238 g/mol. The molecule has 0 amide bonds. The van der Waals surface area contributed by atoms with E-state index in [-0.39, 0.29) is 5.97 Å². The molecular formula is C12H18N2O3. The molecule has 0 saturated heterocycles. The summed E-state index contributed by atoms with van der Waals surface area (Å²) in [5.74, 6) is 0.329. The van der Waals surface area contributed by atoms with Gasteiger partial charge in [-0.1, -0.05) is 0 Å². The number of pyridine rings is 1. The van der Waals surface area contributed by atoms with Gasteiger partial charge < -0.3 is 14.7 Å². The monoisotopic (exact) mass is 238 g/mol. The highest BCUT2D eigenvalue weighted by Gasteiger charge is 2.12. The first kappa shape index (κ1) is 13.4. The predicted octanol–water partition coefficient (Wildman–Crippen LogP) is 0.994. The SMILES string of the molecule is COC(=O)c1ccc(N(C)CC(C)O)nc1C. The van der Waals surface area contributed by atoms with Gasteiger partial charge in [-0.2, -0.15) is 0 Å². The van der Waals surface area contributed by atoms with Crippen molar-refractivity contribution >= 4 is 11.8 Å². The van der Waals surface area contributed by atoms with Crippen LogP contribution in [-0.4, -0.2) is 42.9 Å². The third-order valence-corrected chi connectivity index (χ3v) is 2.41. The van der Waals surface area contributed by atoms with Crippen LogP contribution in [-0.2, 0) is 4.74 Å². The molecule has 0 aliphatic heterocycles. The fourth-order valence-electron chi connectivity index (χ4n) is 1.58. The number of aryl methyl sites for hydroxylation is 1. The first-order chi connectivity index (χ1) is 7.95. The molecule has 0 aromatic carbocycles. The summed E-state index contributed by atoms with van der Waals surface area (Å²) in [6.07, 6.45) is -0.428. The fourth-order valence-corrected chi connectivity index (χ4v) is 1.58. The van der Waals surface area contributed by atoms with E-state index in [1.54, 1.807) is 26.0 Å². The molecular weight excluding hydrogens is 220 g/mol. The summed E-state index contributed by atoms with van der Waals surface area (Å²) < 4.78 is 4.65. The summed E-state index contributed by atoms with van der Waals surface area (Å²) in [4.78, 5) is 17.5. The average Bonchev–Trinajstić information content (AvgIpc) is 2.27. The highest BCUT2D eigenvalue weighted by Crippen LogP contribution is 2.14. The number of hydrogen-bond acceptors (Lipinski definition) is 5. The molecule has 1 aromatic heterocycles. The summed E-state index contributed by atoms with van der Waals surface area (Å²) in [6, 6.07) is 3.42. The molecule has 1 N–H and O–H groups in total. The molecule has 17 heavy (non-hydrogen) atoms. The smallest absolute Gasteiger partial charge is 0.339 e. The zero-order chi connectivity index (χ0) is 13.0. The number of aromatic nitrogens is 1. The summed E-state index contributed by atoms with van der Waals surface area (Å²) in [5.41, 5.74) is 1.08. The van der Waals surface area contributed by atoms with E-state index in [1.165, 1.54) is 7.11 Å². The molecule has 0 aliphatic rings. The number of esters is 1. The van der Waals surface area contributed by atoms with Gasteiger partial charge in [0.25, 0.3) is 0 Å². The molecule has 0 saturated carbocycles. The minimum absolute atomic E-state index is 0.389. The third-order valence-electron chi connectivity index (χ3n) is 2.41. The summed E-state index contributed by atoms with van der Waals surface area (Å²) in [7, 11) is 3.18. The number of methoxy groups -OCH3 is 1. The molecule has 1 rings (SSSR count). The number of aliphatic hydroxyl groups excluding tert-OH is 1.